The predicted molar refractivity (Wildman–Crippen MR) is 77.3 cm³/mol. The number of nitrogens with one attached hydrogen (secondary N) is 1. The number of halogens is 1. The molecule has 0 radical (unpaired) electrons. The zero-order chi connectivity index (χ0) is 14.7. The summed E-state index contributed by atoms with van der Waals surface area (Å²) in [5, 5.41) is 3.26. The highest BCUT2D eigenvalue weighted by atomic mass is 19.1. The van der Waals surface area contributed by atoms with Gasteiger partial charge in [0, 0.05) is 6.04 Å². The van der Waals surface area contributed by atoms with E-state index in [0.29, 0.717) is 17.2 Å². The van der Waals surface area contributed by atoms with Crippen LogP contribution in [0, 0.1) is 17.7 Å². The van der Waals surface area contributed by atoms with Crippen LogP contribution >= 0.6 is 0 Å². The third-order valence-electron chi connectivity index (χ3n) is 4.16. The Hall–Kier alpha value is -1.58. The first kappa shape index (κ1) is 14.8. The molecule has 3 unspecified atom stereocenters. The van der Waals surface area contributed by atoms with Gasteiger partial charge in [-0.3, -0.25) is 0 Å². The van der Waals surface area contributed by atoms with Gasteiger partial charge < -0.3 is 10.1 Å². The summed E-state index contributed by atoms with van der Waals surface area (Å²) in [5.41, 5.74) is 0.757. The summed E-state index contributed by atoms with van der Waals surface area (Å²) in [6, 6.07) is 4.55. The lowest BCUT2D eigenvalue weighted by molar-refractivity contribution is 0.0600. The molecule has 0 heterocycles. The van der Waals surface area contributed by atoms with E-state index in [1.54, 1.807) is 0 Å². The second-order valence-electron chi connectivity index (χ2n) is 5.83. The second kappa shape index (κ2) is 6.25. The van der Waals surface area contributed by atoms with E-state index in [1.165, 1.54) is 25.3 Å². The molecule has 0 aromatic heterocycles. The molecule has 4 heteroatoms. The van der Waals surface area contributed by atoms with Gasteiger partial charge in [-0.25, -0.2) is 9.18 Å². The average Bonchev–Trinajstić information content (AvgIpc) is 2.43. The Labute approximate surface area is 119 Å². The first-order chi connectivity index (χ1) is 9.51. The molecule has 1 saturated carbocycles. The van der Waals surface area contributed by atoms with E-state index < -0.39 is 5.97 Å². The van der Waals surface area contributed by atoms with Crippen LogP contribution in [0.3, 0.4) is 0 Å². The van der Waals surface area contributed by atoms with Gasteiger partial charge in [0.05, 0.1) is 18.4 Å². The van der Waals surface area contributed by atoms with Gasteiger partial charge >= 0.3 is 5.97 Å². The molecule has 0 saturated heterocycles. The van der Waals surface area contributed by atoms with Crippen LogP contribution in [0.15, 0.2) is 18.2 Å². The van der Waals surface area contributed by atoms with E-state index in [4.69, 9.17) is 0 Å². The first-order valence-electron chi connectivity index (χ1n) is 7.15. The molecule has 1 aromatic carbocycles. The van der Waals surface area contributed by atoms with Crippen LogP contribution in [0.5, 0.6) is 0 Å². The monoisotopic (exact) mass is 279 g/mol. The molecule has 1 aliphatic carbocycles. The smallest absolute Gasteiger partial charge is 0.337 e. The zero-order valence-corrected chi connectivity index (χ0v) is 12.3. The van der Waals surface area contributed by atoms with Crippen molar-refractivity contribution in [3.8, 4) is 0 Å². The topological polar surface area (TPSA) is 38.3 Å². The van der Waals surface area contributed by atoms with Crippen molar-refractivity contribution in [2.24, 2.45) is 11.8 Å². The Kier molecular flexibility index (Phi) is 4.63. The fraction of sp³-hybridized carbons (Fsp3) is 0.562. The third-order valence-corrected chi connectivity index (χ3v) is 4.16. The molecule has 2 rings (SSSR count). The highest BCUT2D eigenvalue weighted by Gasteiger charge is 2.26. The summed E-state index contributed by atoms with van der Waals surface area (Å²) in [7, 11) is 1.32. The molecule has 0 amide bonds. The van der Waals surface area contributed by atoms with Gasteiger partial charge in [-0.2, -0.15) is 0 Å². The number of hydrogen-bond donors (Lipinski definition) is 1. The van der Waals surface area contributed by atoms with Gasteiger partial charge in [0.25, 0.3) is 0 Å². The number of esters is 1. The predicted octanol–water partition coefficient (Wildman–Crippen LogP) is 3.85. The molecule has 1 aromatic rings. The van der Waals surface area contributed by atoms with Crippen molar-refractivity contribution in [2.45, 2.75) is 39.2 Å². The minimum atomic E-state index is -0.446. The van der Waals surface area contributed by atoms with E-state index in [2.05, 4.69) is 23.9 Å². The van der Waals surface area contributed by atoms with E-state index in [0.717, 1.165) is 25.2 Å². The fourth-order valence-electron chi connectivity index (χ4n) is 2.96. The highest BCUT2D eigenvalue weighted by Crippen LogP contribution is 2.31. The van der Waals surface area contributed by atoms with Crippen LogP contribution in [-0.4, -0.2) is 19.1 Å². The van der Waals surface area contributed by atoms with E-state index in [9.17, 15) is 9.18 Å². The van der Waals surface area contributed by atoms with Crippen LogP contribution in [0.25, 0.3) is 0 Å². The molecule has 0 spiro atoms. The number of methoxy groups -OCH3 is 1. The summed E-state index contributed by atoms with van der Waals surface area (Å²) in [6.07, 6.45) is 3.33. The number of anilines is 1. The van der Waals surface area contributed by atoms with Crippen molar-refractivity contribution >= 4 is 11.7 Å². The van der Waals surface area contributed by atoms with Crippen molar-refractivity contribution < 1.29 is 13.9 Å². The van der Waals surface area contributed by atoms with Crippen molar-refractivity contribution in [1.29, 1.82) is 0 Å². The van der Waals surface area contributed by atoms with E-state index in [1.807, 2.05) is 0 Å². The van der Waals surface area contributed by atoms with Crippen molar-refractivity contribution in [3.63, 3.8) is 0 Å². The Morgan fingerprint density at radius 1 is 1.35 bits per heavy atom. The Balaban J connectivity index is 2.14. The number of ether oxygens (including phenoxy) is 1. The van der Waals surface area contributed by atoms with Gasteiger partial charge in [0.1, 0.15) is 5.82 Å². The molecule has 0 bridgehead atoms. The minimum absolute atomic E-state index is 0.258. The van der Waals surface area contributed by atoms with E-state index in [-0.39, 0.29) is 11.9 Å². The number of rotatable bonds is 3. The van der Waals surface area contributed by atoms with Crippen LogP contribution in [0.1, 0.15) is 43.5 Å². The SMILES string of the molecule is COC(=O)c1ccc(F)c(NC2CCC(C)CC2C)c1. The third kappa shape index (κ3) is 3.30. The maximum atomic E-state index is 13.9. The summed E-state index contributed by atoms with van der Waals surface area (Å²) < 4.78 is 18.5. The lowest BCUT2D eigenvalue weighted by atomic mass is 9.80. The van der Waals surface area contributed by atoms with Crippen LogP contribution in [0.2, 0.25) is 0 Å². The lowest BCUT2D eigenvalue weighted by Crippen LogP contribution is -2.33. The van der Waals surface area contributed by atoms with E-state index >= 15 is 0 Å². The molecule has 3 atom stereocenters. The largest absolute Gasteiger partial charge is 0.465 e. The van der Waals surface area contributed by atoms with Gasteiger partial charge in [-0.05, 0) is 49.3 Å². The minimum Gasteiger partial charge on any atom is -0.465 e. The molecule has 1 fully saturated rings. The fourth-order valence-corrected chi connectivity index (χ4v) is 2.96. The zero-order valence-electron chi connectivity index (χ0n) is 12.3. The number of hydrogen-bond acceptors (Lipinski definition) is 3. The Morgan fingerprint density at radius 3 is 2.75 bits per heavy atom. The van der Waals surface area contributed by atoms with Gasteiger partial charge in [-0.15, -0.1) is 0 Å². The second-order valence-corrected chi connectivity index (χ2v) is 5.83. The molecule has 3 nitrogen and oxygen atoms in total. The summed E-state index contributed by atoms with van der Waals surface area (Å²) >= 11 is 0. The van der Waals surface area contributed by atoms with Crippen LogP contribution in [0.4, 0.5) is 10.1 Å². The number of carbonyl (C=O) groups is 1. The van der Waals surface area contributed by atoms with Crippen molar-refractivity contribution in [2.75, 3.05) is 12.4 Å². The standard InChI is InChI=1S/C16H22FNO2/c1-10-4-7-14(11(2)8-10)18-15-9-12(16(19)20-3)5-6-13(15)17/h5-6,9-11,14,18H,4,7-8H2,1-3H3. The molecular weight excluding hydrogens is 257 g/mol. The van der Waals surface area contributed by atoms with Crippen LogP contribution < -0.4 is 5.32 Å². The van der Waals surface area contributed by atoms with Crippen molar-refractivity contribution in [3.05, 3.63) is 29.6 Å². The quantitative estimate of drug-likeness (QED) is 0.854. The van der Waals surface area contributed by atoms with Gasteiger partial charge in [-0.1, -0.05) is 13.8 Å². The molecule has 20 heavy (non-hydrogen) atoms. The molecule has 110 valence electrons. The highest BCUT2D eigenvalue weighted by molar-refractivity contribution is 5.90. The molecular formula is C16H22FNO2. The maximum Gasteiger partial charge on any atom is 0.337 e. The summed E-state index contributed by atoms with van der Waals surface area (Å²) in [4.78, 5) is 11.5. The first-order valence-corrected chi connectivity index (χ1v) is 7.15. The summed E-state index contributed by atoms with van der Waals surface area (Å²) in [5.74, 6) is 0.455. The van der Waals surface area contributed by atoms with Crippen LogP contribution in [-0.2, 0) is 4.74 Å². The maximum absolute atomic E-state index is 13.9. The van der Waals surface area contributed by atoms with Crippen molar-refractivity contribution in [1.82, 2.24) is 0 Å². The normalized spacial score (nSPS) is 26.1. The summed E-state index contributed by atoms with van der Waals surface area (Å²) in [6.45, 7) is 4.45. The lowest BCUT2D eigenvalue weighted by Gasteiger charge is -2.34. The molecule has 1 aliphatic rings. The van der Waals surface area contributed by atoms with Gasteiger partial charge in [0.2, 0.25) is 0 Å². The molecule has 1 N–H and O–H groups in total. The number of benzene rings is 1. The molecule has 0 aliphatic heterocycles. The van der Waals surface area contributed by atoms with Gasteiger partial charge in [0.15, 0.2) is 0 Å². The Bertz CT molecular complexity index is 489. The Morgan fingerprint density at radius 2 is 2.10 bits per heavy atom. The average molecular weight is 279 g/mol. The number of carbonyl (C=O) groups excluding carboxylic acids is 1.